The molecule has 7 nitrogen and oxygen atoms in total. The number of rotatable bonds is 4. The van der Waals surface area contributed by atoms with E-state index in [2.05, 4.69) is 10.4 Å². The Balaban J connectivity index is 1.60. The monoisotopic (exact) mass is 397 g/mol. The maximum Gasteiger partial charge on any atom is 0.435 e. The highest BCUT2D eigenvalue weighted by Crippen LogP contribution is 2.52. The van der Waals surface area contributed by atoms with Crippen LogP contribution in [0.2, 0.25) is 0 Å². The van der Waals surface area contributed by atoms with Crippen LogP contribution < -0.4 is 14.8 Å². The summed E-state index contributed by atoms with van der Waals surface area (Å²) in [4.78, 5) is 12.4. The van der Waals surface area contributed by atoms with E-state index in [0.29, 0.717) is 41.5 Å². The number of hydrogen-bond donors (Lipinski definition) is 1. The fourth-order valence-electron chi connectivity index (χ4n) is 4.10. The summed E-state index contributed by atoms with van der Waals surface area (Å²) in [5.74, 6) is 1.64. The summed E-state index contributed by atoms with van der Waals surface area (Å²) in [6.07, 6.45) is 5.76. The first-order valence-electron chi connectivity index (χ1n) is 9.30. The van der Waals surface area contributed by atoms with Gasteiger partial charge in [0.1, 0.15) is 5.67 Å². The molecule has 1 saturated carbocycles. The predicted octanol–water partition coefficient (Wildman–Crippen LogP) is 3.68. The normalized spacial score (nSPS) is 22.9. The van der Waals surface area contributed by atoms with Crippen molar-refractivity contribution in [3.05, 3.63) is 47.2 Å². The smallest absolute Gasteiger partial charge is 0.435 e. The van der Waals surface area contributed by atoms with Crippen LogP contribution in [-0.2, 0) is 11.2 Å². The molecule has 0 amide bonds. The molecule has 29 heavy (non-hydrogen) atoms. The highest BCUT2D eigenvalue weighted by atomic mass is 19.1. The topological polar surface area (TPSA) is 74.6 Å². The van der Waals surface area contributed by atoms with Gasteiger partial charge in [-0.05, 0) is 36.3 Å². The van der Waals surface area contributed by atoms with Crippen molar-refractivity contribution in [1.82, 2.24) is 9.78 Å². The number of carbonyl (C=O) groups is 1. The quantitative estimate of drug-likeness (QED) is 0.724. The van der Waals surface area contributed by atoms with Gasteiger partial charge >= 0.3 is 6.09 Å². The van der Waals surface area contributed by atoms with Crippen molar-refractivity contribution in [3.8, 4) is 22.8 Å². The summed E-state index contributed by atoms with van der Waals surface area (Å²) in [7, 11) is 4.44. The Morgan fingerprint density at radius 3 is 2.72 bits per heavy atom. The van der Waals surface area contributed by atoms with E-state index in [-0.39, 0.29) is 5.92 Å². The van der Waals surface area contributed by atoms with Crippen molar-refractivity contribution >= 4 is 11.9 Å². The van der Waals surface area contributed by atoms with Crippen LogP contribution in [0.4, 0.5) is 15.0 Å². The van der Waals surface area contributed by atoms with Crippen molar-refractivity contribution in [1.29, 1.82) is 0 Å². The summed E-state index contributed by atoms with van der Waals surface area (Å²) in [6.45, 7) is 0. The molecule has 3 aliphatic rings. The summed E-state index contributed by atoms with van der Waals surface area (Å²) in [6, 6.07) is 3.72. The Morgan fingerprint density at radius 2 is 2.03 bits per heavy atom. The lowest BCUT2D eigenvalue weighted by Crippen LogP contribution is -2.15. The Labute approximate surface area is 166 Å². The summed E-state index contributed by atoms with van der Waals surface area (Å²) >= 11 is 0. The Hall–Kier alpha value is -3.29. The van der Waals surface area contributed by atoms with Crippen molar-refractivity contribution in [2.24, 2.45) is 5.92 Å². The minimum Gasteiger partial charge on any atom is -0.493 e. The maximum absolute atomic E-state index is 14.4. The number of hydrogen-bond acceptors (Lipinski definition) is 6. The number of allylic oxidation sites excluding steroid dienone is 3. The molecule has 2 aromatic rings. The molecular weight excluding hydrogens is 377 g/mol. The highest BCUT2D eigenvalue weighted by molar-refractivity contribution is 5.87. The van der Waals surface area contributed by atoms with Crippen molar-refractivity contribution < 1.29 is 23.4 Å². The Kier molecular flexibility index (Phi) is 3.74. The largest absolute Gasteiger partial charge is 0.493 e. The zero-order valence-electron chi connectivity index (χ0n) is 16.3. The van der Waals surface area contributed by atoms with Gasteiger partial charge in [0.25, 0.3) is 0 Å². The number of halogens is 1. The molecule has 2 unspecified atom stereocenters. The molecule has 8 heteroatoms. The number of benzene rings is 1. The lowest BCUT2D eigenvalue weighted by molar-refractivity contribution is 0.170. The number of nitrogens with zero attached hydrogens (tertiary/aromatic N) is 2. The second kappa shape index (κ2) is 6.10. The van der Waals surface area contributed by atoms with Crippen LogP contribution in [0.15, 0.2) is 36.1 Å². The minimum atomic E-state index is -1.27. The standard InChI is InChI=1S/C21H20FN3O4/c1-27-16-7-11-6-15-18(14(11)8-17(16)28-2)25(20(26)29-3)24-19(15)23-13-5-4-12-9-21(12,22)10-13/h4-5,7-8,10,12H,6,9H2,1-3H3,(H,23,24). The van der Waals surface area contributed by atoms with Crippen molar-refractivity contribution in [2.75, 3.05) is 26.6 Å². The molecule has 1 N–H and O–H groups in total. The van der Waals surface area contributed by atoms with E-state index in [4.69, 9.17) is 14.2 Å². The van der Waals surface area contributed by atoms with E-state index < -0.39 is 11.8 Å². The third-order valence-corrected chi connectivity index (χ3v) is 5.72. The van der Waals surface area contributed by atoms with E-state index in [0.717, 1.165) is 16.7 Å². The third-order valence-electron chi connectivity index (χ3n) is 5.72. The molecule has 1 aromatic heterocycles. The van der Waals surface area contributed by atoms with Gasteiger partial charge in [0.2, 0.25) is 0 Å². The summed E-state index contributed by atoms with van der Waals surface area (Å²) in [5, 5.41) is 7.60. The van der Waals surface area contributed by atoms with E-state index in [1.165, 1.54) is 11.8 Å². The molecule has 0 saturated heterocycles. The first-order chi connectivity index (χ1) is 14.0. The van der Waals surface area contributed by atoms with Gasteiger partial charge in [-0.1, -0.05) is 6.08 Å². The van der Waals surface area contributed by atoms with E-state index in [1.54, 1.807) is 20.3 Å². The molecule has 0 aliphatic heterocycles. The Bertz CT molecular complexity index is 1100. The second-order valence-electron chi connectivity index (χ2n) is 7.42. The molecule has 150 valence electrons. The number of alkyl halides is 1. The van der Waals surface area contributed by atoms with Crippen LogP contribution in [0.25, 0.3) is 11.3 Å². The first-order valence-corrected chi connectivity index (χ1v) is 9.30. The molecule has 5 rings (SSSR count). The summed E-state index contributed by atoms with van der Waals surface area (Å²) < 4.78 is 31.4. The van der Waals surface area contributed by atoms with Gasteiger partial charge in [0.05, 0.1) is 27.0 Å². The van der Waals surface area contributed by atoms with Crippen molar-refractivity contribution in [3.63, 3.8) is 0 Å². The van der Waals surface area contributed by atoms with Gasteiger partial charge in [-0.3, -0.25) is 0 Å². The molecule has 1 fully saturated rings. The fraction of sp³-hybridized carbons (Fsp3) is 0.333. The number of fused-ring (bicyclic) bond motifs is 4. The lowest BCUT2D eigenvalue weighted by Gasteiger charge is -2.12. The van der Waals surface area contributed by atoms with Crippen LogP contribution in [0.1, 0.15) is 17.5 Å². The molecule has 1 heterocycles. The number of methoxy groups -OCH3 is 3. The third kappa shape index (κ3) is 2.62. The highest BCUT2D eigenvalue weighted by Gasteiger charge is 2.53. The Morgan fingerprint density at radius 1 is 1.28 bits per heavy atom. The van der Waals surface area contributed by atoms with E-state index in [9.17, 15) is 9.18 Å². The van der Waals surface area contributed by atoms with Gasteiger partial charge in [-0.25, -0.2) is 9.18 Å². The zero-order valence-corrected chi connectivity index (χ0v) is 16.3. The molecule has 0 radical (unpaired) electrons. The molecule has 0 spiro atoms. The average Bonchev–Trinajstić information content (AvgIpc) is 3.09. The predicted molar refractivity (Wildman–Crippen MR) is 104 cm³/mol. The van der Waals surface area contributed by atoms with Gasteiger partial charge in [-0.15, -0.1) is 5.10 Å². The number of aromatic nitrogens is 2. The van der Waals surface area contributed by atoms with Crippen LogP contribution in [-0.4, -0.2) is 42.9 Å². The lowest BCUT2D eigenvalue weighted by atomic mass is 10.1. The van der Waals surface area contributed by atoms with Gasteiger partial charge < -0.3 is 19.5 Å². The SMILES string of the molecule is COC(=O)n1nc(NC2=CC3(F)CC3C=C2)c2c1-c1cc(OC)c(OC)cc1C2. The van der Waals surface area contributed by atoms with Crippen molar-refractivity contribution in [2.45, 2.75) is 18.5 Å². The number of anilines is 1. The van der Waals surface area contributed by atoms with Gasteiger partial charge in [-0.2, -0.15) is 4.68 Å². The number of carbonyl (C=O) groups excluding carboxylic acids is 1. The van der Waals surface area contributed by atoms with Gasteiger partial charge in [0, 0.05) is 29.2 Å². The molecule has 2 atom stereocenters. The molecule has 1 aromatic carbocycles. The molecule has 3 aliphatic carbocycles. The molecule has 0 bridgehead atoms. The average molecular weight is 397 g/mol. The number of nitrogens with one attached hydrogen (secondary N) is 1. The zero-order chi connectivity index (χ0) is 20.3. The van der Waals surface area contributed by atoms with E-state index >= 15 is 0 Å². The minimum absolute atomic E-state index is 0.0319. The summed E-state index contributed by atoms with van der Waals surface area (Å²) in [5.41, 5.74) is 2.63. The van der Waals surface area contributed by atoms with Crippen LogP contribution in [0, 0.1) is 5.92 Å². The van der Waals surface area contributed by atoms with E-state index in [1.807, 2.05) is 24.3 Å². The first kappa shape index (κ1) is 17.8. The van der Waals surface area contributed by atoms with Crippen LogP contribution in [0.5, 0.6) is 11.5 Å². The number of ether oxygens (including phenoxy) is 3. The van der Waals surface area contributed by atoms with Crippen LogP contribution >= 0.6 is 0 Å². The second-order valence-corrected chi connectivity index (χ2v) is 7.42. The van der Waals surface area contributed by atoms with Crippen LogP contribution in [0.3, 0.4) is 0 Å². The maximum atomic E-state index is 14.4. The van der Waals surface area contributed by atoms with Gasteiger partial charge in [0.15, 0.2) is 17.3 Å². The fourth-order valence-corrected chi connectivity index (χ4v) is 4.10. The molecular formula is C21H20FN3O4.